The van der Waals surface area contributed by atoms with Crippen LogP contribution in [0, 0.1) is 11.3 Å². The molecule has 18 heavy (non-hydrogen) atoms. The van der Waals surface area contributed by atoms with Crippen LogP contribution in [-0.4, -0.2) is 16.8 Å². The quantitative estimate of drug-likeness (QED) is 0.791. The number of hydrogen-bond acceptors (Lipinski definition) is 5. The summed E-state index contributed by atoms with van der Waals surface area (Å²) in [7, 11) is 0. The minimum absolute atomic E-state index is 0.0451. The highest BCUT2D eigenvalue weighted by Crippen LogP contribution is 2.13. The van der Waals surface area contributed by atoms with Crippen molar-refractivity contribution in [3.05, 3.63) is 47.2 Å². The molecule has 0 bridgehead atoms. The van der Waals surface area contributed by atoms with Gasteiger partial charge in [-0.25, -0.2) is 9.97 Å². The molecule has 0 saturated carbocycles. The van der Waals surface area contributed by atoms with Gasteiger partial charge >= 0.3 is 6.01 Å². The second-order valence-corrected chi connectivity index (χ2v) is 3.67. The zero-order valence-corrected chi connectivity index (χ0v) is 9.96. The molecule has 0 N–H and O–H groups in total. The second-order valence-electron chi connectivity index (χ2n) is 3.23. The molecule has 5 nitrogen and oxygen atoms in total. The summed E-state index contributed by atoms with van der Waals surface area (Å²) in [4.78, 5) is 7.69. The number of rotatable bonds is 4. The summed E-state index contributed by atoms with van der Waals surface area (Å²) in [5, 5.41) is 9.16. The summed E-state index contributed by atoms with van der Waals surface area (Å²) in [6.07, 6.45) is 2.86. The van der Waals surface area contributed by atoms with Gasteiger partial charge in [0.1, 0.15) is 5.75 Å². The Bertz CT molecular complexity index is 566. The predicted octanol–water partition coefficient (Wildman–Crippen LogP) is 2.42. The molecule has 1 aromatic heterocycles. The van der Waals surface area contributed by atoms with Crippen molar-refractivity contribution >= 4 is 11.6 Å². The van der Waals surface area contributed by atoms with Crippen LogP contribution in [0.15, 0.2) is 36.7 Å². The SMILES string of the molecule is N#Cc1cccc(OCOc2ncc(Cl)cn2)c1. The molecule has 1 heterocycles. The lowest BCUT2D eigenvalue weighted by Gasteiger charge is -2.06. The first-order valence-electron chi connectivity index (χ1n) is 5.01. The fraction of sp³-hybridized carbons (Fsp3) is 0.0833. The Balaban J connectivity index is 1.88. The highest BCUT2D eigenvalue weighted by atomic mass is 35.5. The van der Waals surface area contributed by atoms with E-state index in [9.17, 15) is 0 Å². The van der Waals surface area contributed by atoms with Crippen LogP contribution in [0.1, 0.15) is 5.56 Å². The molecule has 0 amide bonds. The highest BCUT2D eigenvalue weighted by Gasteiger charge is 1.99. The molecule has 0 aliphatic carbocycles. The first-order valence-corrected chi connectivity index (χ1v) is 5.39. The van der Waals surface area contributed by atoms with Gasteiger partial charge in [0.05, 0.1) is 29.0 Å². The maximum atomic E-state index is 8.72. The molecule has 1 aromatic carbocycles. The van der Waals surface area contributed by atoms with Crippen molar-refractivity contribution in [2.24, 2.45) is 0 Å². The molecule has 0 aliphatic rings. The minimum Gasteiger partial charge on any atom is -0.457 e. The lowest BCUT2D eigenvalue weighted by Crippen LogP contribution is -2.07. The molecule has 0 unspecified atom stereocenters. The van der Waals surface area contributed by atoms with Crippen LogP contribution in [0.3, 0.4) is 0 Å². The number of ether oxygens (including phenoxy) is 2. The molecule has 0 aliphatic heterocycles. The zero-order valence-electron chi connectivity index (χ0n) is 9.21. The third-order valence-corrected chi connectivity index (χ3v) is 2.17. The standard InChI is InChI=1S/C12H8ClN3O2/c13-10-6-15-12(16-7-10)18-8-17-11-3-1-2-9(4-11)5-14/h1-4,6-7H,8H2. The smallest absolute Gasteiger partial charge is 0.319 e. The van der Waals surface area contributed by atoms with E-state index in [1.165, 1.54) is 12.4 Å². The van der Waals surface area contributed by atoms with Crippen molar-refractivity contribution in [1.29, 1.82) is 5.26 Å². The van der Waals surface area contributed by atoms with E-state index < -0.39 is 0 Å². The fourth-order valence-corrected chi connectivity index (χ4v) is 1.28. The van der Waals surface area contributed by atoms with Crippen LogP contribution >= 0.6 is 11.6 Å². The summed E-state index contributed by atoms with van der Waals surface area (Å²) in [5.74, 6) is 0.544. The van der Waals surface area contributed by atoms with Gasteiger partial charge in [-0.15, -0.1) is 0 Å². The highest BCUT2D eigenvalue weighted by molar-refractivity contribution is 6.30. The van der Waals surface area contributed by atoms with Crippen LogP contribution in [0.5, 0.6) is 11.8 Å². The van der Waals surface area contributed by atoms with E-state index in [0.717, 1.165) is 0 Å². The molecular formula is C12H8ClN3O2. The Hall–Kier alpha value is -2.32. The number of halogens is 1. The van der Waals surface area contributed by atoms with Gasteiger partial charge < -0.3 is 9.47 Å². The lowest BCUT2D eigenvalue weighted by atomic mass is 10.2. The van der Waals surface area contributed by atoms with Crippen LogP contribution in [0.25, 0.3) is 0 Å². The fourth-order valence-electron chi connectivity index (χ4n) is 1.18. The maximum absolute atomic E-state index is 8.72. The molecular weight excluding hydrogens is 254 g/mol. The zero-order chi connectivity index (χ0) is 12.8. The predicted molar refractivity (Wildman–Crippen MR) is 64.3 cm³/mol. The van der Waals surface area contributed by atoms with Crippen LogP contribution < -0.4 is 9.47 Å². The van der Waals surface area contributed by atoms with E-state index in [1.807, 2.05) is 6.07 Å². The second kappa shape index (κ2) is 5.84. The van der Waals surface area contributed by atoms with Crippen molar-refractivity contribution in [3.8, 4) is 17.8 Å². The monoisotopic (exact) mass is 261 g/mol. The van der Waals surface area contributed by atoms with Crippen molar-refractivity contribution in [2.45, 2.75) is 0 Å². The van der Waals surface area contributed by atoms with Crippen LogP contribution in [-0.2, 0) is 0 Å². The molecule has 90 valence electrons. The third kappa shape index (κ3) is 3.34. The molecule has 2 aromatic rings. The normalized spacial score (nSPS) is 9.56. The number of aromatic nitrogens is 2. The average Bonchev–Trinajstić information content (AvgIpc) is 2.41. The average molecular weight is 262 g/mol. The summed E-state index contributed by atoms with van der Waals surface area (Å²) in [6.45, 7) is -0.0451. The summed E-state index contributed by atoms with van der Waals surface area (Å²) in [5.41, 5.74) is 0.523. The Labute approximate surface area is 109 Å². The van der Waals surface area contributed by atoms with E-state index >= 15 is 0 Å². The molecule has 0 atom stereocenters. The van der Waals surface area contributed by atoms with E-state index in [0.29, 0.717) is 16.3 Å². The Kier molecular flexibility index (Phi) is 3.94. The number of nitrogens with zero attached hydrogens (tertiary/aromatic N) is 3. The Morgan fingerprint density at radius 1 is 1.22 bits per heavy atom. The number of hydrogen-bond donors (Lipinski definition) is 0. The third-order valence-electron chi connectivity index (χ3n) is 1.97. The van der Waals surface area contributed by atoms with E-state index in [1.54, 1.807) is 24.3 Å². The van der Waals surface area contributed by atoms with E-state index in [2.05, 4.69) is 9.97 Å². The molecule has 0 fully saturated rings. The van der Waals surface area contributed by atoms with Gasteiger partial charge in [-0.3, -0.25) is 0 Å². The summed E-state index contributed by atoms with van der Waals surface area (Å²) in [6, 6.07) is 8.96. The molecule has 2 rings (SSSR count). The minimum atomic E-state index is -0.0451. The van der Waals surface area contributed by atoms with Crippen molar-refractivity contribution in [3.63, 3.8) is 0 Å². The van der Waals surface area contributed by atoms with Gasteiger partial charge in [-0.1, -0.05) is 17.7 Å². The Morgan fingerprint density at radius 3 is 2.72 bits per heavy atom. The summed E-state index contributed by atoms with van der Waals surface area (Å²) >= 11 is 5.63. The van der Waals surface area contributed by atoms with Gasteiger partial charge in [0.15, 0.2) is 0 Å². The maximum Gasteiger partial charge on any atom is 0.319 e. The van der Waals surface area contributed by atoms with Crippen molar-refractivity contribution < 1.29 is 9.47 Å². The van der Waals surface area contributed by atoms with Gasteiger partial charge in [-0.2, -0.15) is 5.26 Å². The number of nitriles is 1. The first kappa shape index (κ1) is 12.1. The van der Waals surface area contributed by atoms with Gasteiger partial charge in [0.25, 0.3) is 0 Å². The van der Waals surface area contributed by atoms with Crippen molar-refractivity contribution in [2.75, 3.05) is 6.79 Å². The number of benzene rings is 1. The van der Waals surface area contributed by atoms with Gasteiger partial charge in [0, 0.05) is 0 Å². The topological polar surface area (TPSA) is 68.0 Å². The van der Waals surface area contributed by atoms with Crippen molar-refractivity contribution in [1.82, 2.24) is 9.97 Å². The van der Waals surface area contributed by atoms with E-state index in [-0.39, 0.29) is 12.8 Å². The van der Waals surface area contributed by atoms with Gasteiger partial charge in [-0.05, 0) is 18.2 Å². The molecule has 6 heteroatoms. The molecule has 0 radical (unpaired) electrons. The first-order chi connectivity index (χ1) is 8.78. The lowest BCUT2D eigenvalue weighted by molar-refractivity contribution is 0.110. The molecule has 0 saturated heterocycles. The van der Waals surface area contributed by atoms with Gasteiger partial charge in [0.2, 0.25) is 6.79 Å². The molecule has 0 spiro atoms. The van der Waals surface area contributed by atoms with Crippen LogP contribution in [0.4, 0.5) is 0 Å². The summed E-state index contributed by atoms with van der Waals surface area (Å²) < 4.78 is 10.4. The van der Waals surface area contributed by atoms with E-state index in [4.69, 9.17) is 26.3 Å². The largest absolute Gasteiger partial charge is 0.457 e. The van der Waals surface area contributed by atoms with Crippen LogP contribution in [0.2, 0.25) is 5.02 Å². The Morgan fingerprint density at radius 2 is 2.00 bits per heavy atom.